The molecular formula is C20H22FN3O3S. The molecule has 0 fully saturated rings. The van der Waals surface area contributed by atoms with E-state index in [0.717, 1.165) is 6.26 Å². The topological polar surface area (TPSA) is 78.8 Å². The van der Waals surface area contributed by atoms with E-state index >= 15 is 0 Å². The average Bonchev–Trinajstić information content (AvgIpc) is 3.05. The maximum Gasteiger partial charge on any atom is 0.245 e. The summed E-state index contributed by atoms with van der Waals surface area (Å²) in [5.41, 5.74) is 2.42. The summed E-state index contributed by atoms with van der Waals surface area (Å²) in [5.74, 6) is -0.797. The molecule has 2 aromatic carbocycles. The Morgan fingerprint density at radius 2 is 1.93 bits per heavy atom. The number of hydrogen-bond acceptors (Lipinski definition) is 4. The highest BCUT2D eigenvalue weighted by molar-refractivity contribution is 7.92. The van der Waals surface area contributed by atoms with Crippen LogP contribution in [-0.4, -0.2) is 31.3 Å². The van der Waals surface area contributed by atoms with Gasteiger partial charge in [-0.2, -0.15) is 5.10 Å². The summed E-state index contributed by atoms with van der Waals surface area (Å²) in [6, 6.07) is 12.6. The van der Waals surface area contributed by atoms with Crippen molar-refractivity contribution in [1.29, 1.82) is 0 Å². The summed E-state index contributed by atoms with van der Waals surface area (Å²) >= 11 is 0. The van der Waals surface area contributed by atoms with Crippen LogP contribution in [0.2, 0.25) is 0 Å². The number of hydrazone groups is 1. The van der Waals surface area contributed by atoms with Crippen molar-refractivity contribution in [3.05, 3.63) is 65.5 Å². The Balaban J connectivity index is 1.97. The number of hydrogen-bond donors (Lipinski definition) is 1. The van der Waals surface area contributed by atoms with Gasteiger partial charge in [0.1, 0.15) is 5.82 Å². The van der Waals surface area contributed by atoms with E-state index < -0.39 is 16.1 Å². The molecule has 1 amide bonds. The van der Waals surface area contributed by atoms with Gasteiger partial charge in [0.2, 0.25) is 15.9 Å². The van der Waals surface area contributed by atoms with Crippen LogP contribution >= 0.6 is 0 Å². The summed E-state index contributed by atoms with van der Waals surface area (Å²) in [4.78, 5) is 12.7. The smallest absolute Gasteiger partial charge is 0.245 e. The van der Waals surface area contributed by atoms with Gasteiger partial charge in [-0.25, -0.2) is 17.8 Å². The summed E-state index contributed by atoms with van der Waals surface area (Å²) in [5, 5.41) is 5.91. The Kier molecular flexibility index (Phi) is 5.51. The minimum atomic E-state index is -3.41. The van der Waals surface area contributed by atoms with Crippen molar-refractivity contribution in [1.82, 2.24) is 5.01 Å². The van der Waals surface area contributed by atoms with Gasteiger partial charge in [-0.1, -0.05) is 38.1 Å². The fourth-order valence-electron chi connectivity index (χ4n) is 3.10. The van der Waals surface area contributed by atoms with E-state index in [0.29, 0.717) is 28.9 Å². The van der Waals surface area contributed by atoms with Gasteiger partial charge in [-0.05, 0) is 35.4 Å². The lowest BCUT2D eigenvalue weighted by atomic mass is 9.97. The van der Waals surface area contributed by atoms with Gasteiger partial charge < -0.3 is 0 Å². The Bertz CT molecular complexity index is 1030. The molecule has 0 spiro atoms. The molecule has 148 valence electrons. The second-order valence-corrected chi connectivity index (χ2v) is 8.86. The molecule has 1 N–H and O–H groups in total. The van der Waals surface area contributed by atoms with E-state index in [9.17, 15) is 17.6 Å². The maximum absolute atomic E-state index is 13.7. The third-order valence-corrected chi connectivity index (χ3v) is 4.97. The molecule has 3 rings (SSSR count). The number of amides is 1. The lowest BCUT2D eigenvalue weighted by Crippen LogP contribution is -2.30. The number of halogens is 1. The minimum absolute atomic E-state index is 0.158. The summed E-state index contributed by atoms with van der Waals surface area (Å²) in [6.45, 7) is 3.57. The van der Waals surface area contributed by atoms with Crippen LogP contribution in [0.4, 0.5) is 10.1 Å². The number of carbonyl (C=O) groups is 1. The quantitative estimate of drug-likeness (QED) is 0.829. The van der Waals surface area contributed by atoms with E-state index in [-0.39, 0.29) is 17.6 Å². The number of nitrogens with one attached hydrogen (secondary N) is 1. The van der Waals surface area contributed by atoms with Crippen molar-refractivity contribution in [2.45, 2.75) is 26.3 Å². The van der Waals surface area contributed by atoms with Gasteiger partial charge in [-0.3, -0.25) is 9.52 Å². The number of sulfonamides is 1. The molecule has 0 saturated heterocycles. The van der Waals surface area contributed by atoms with Gasteiger partial charge in [0.25, 0.3) is 0 Å². The van der Waals surface area contributed by atoms with Crippen LogP contribution in [0.3, 0.4) is 0 Å². The molecule has 0 bridgehead atoms. The Morgan fingerprint density at radius 1 is 1.21 bits per heavy atom. The summed E-state index contributed by atoms with van der Waals surface area (Å²) in [6.07, 6.45) is 1.49. The van der Waals surface area contributed by atoms with Crippen LogP contribution < -0.4 is 4.72 Å². The second kappa shape index (κ2) is 7.71. The highest BCUT2D eigenvalue weighted by atomic mass is 32.2. The first kappa shape index (κ1) is 20.0. The summed E-state index contributed by atoms with van der Waals surface area (Å²) < 4.78 is 39.1. The average molecular weight is 403 g/mol. The highest BCUT2D eigenvalue weighted by Gasteiger charge is 2.34. The van der Waals surface area contributed by atoms with E-state index in [1.807, 2.05) is 0 Å². The first-order chi connectivity index (χ1) is 13.1. The first-order valence-corrected chi connectivity index (χ1v) is 10.8. The zero-order valence-corrected chi connectivity index (χ0v) is 16.7. The lowest BCUT2D eigenvalue weighted by Gasteiger charge is -2.23. The lowest BCUT2D eigenvalue weighted by molar-refractivity contribution is -0.136. The highest BCUT2D eigenvalue weighted by Crippen LogP contribution is 2.34. The van der Waals surface area contributed by atoms with Crippen LogP contribution in [0.5, 0.6) is 0 Å². The number of nitrogens with zero attached hydrogens (tertiary/aromatic N) is 2. The number of anilines is 1. The fourth-order valence-corrected chi connectivity index (χ4v) is 3.66. The number of carbonyl (C=O) groups excluding carboxylic acids is 1. The molecular weight excluding hydrogens is 381 g/mol. The van der Waals surface area contributed by atoms with Crippen LogP contribution in [-0.2, 0) is 14.8 Å². The van der Waals surface area contributed by atoms with E-state index in [4.69, 9.17) is 0 Å². The molecule has 1 heterocycles. The molecule has 1 atom stereocenters. The Labute approximate surface area is 164 Å². The Morgan fingerprint density at radius 3 is 2.57 bits per heavy atom. The second-order valence-electron chi connectivity index (χ2n) is 7.11. The van der Waals surface area contributed by atoms with Crippen molar-refractivity contribution in [2.75, 3.05) is 11.0 Å². The third-order valence-electron chi connectivity index (χ3n) is 4.36. The van der Waals surface area contributed by atoms with Crippen LogP contribution in [0, 0.1) is 11.7 Å². The zero-order valence-electron chi connectivity index (χ0n) is 15.9. The minimum Gasteiger partial charge on any atom is -0.284 e. The number of benzene rings is 2. The molecule has 28 heavy (non-hydrogen) atoms. The molecule has 0 aliphatic carbocycles. The van der Waals surface area contributed by atoms with Crippen molar-refractivity contribution >= 4 is 27.3 Å². The maximum atomic E-state index is 13.7. The van der Waals surface area contributed by atoms with Gasteiger partial charge in [0.15, 0.2) is 0 Å². The molecule has 8 heteroatoms. The van der Waals surface area contributed by atoms with E-state index in [1.165, 1.54) is 17.1 Å². The van der Waals surface area contributed by atoms with Crippen molar-refractivity contribution in [3.8, 4) is 0 Å². The predicted octanol–water partition coefficient (Wildman–Crippen LogP) is 3.53. The monoisotopic (exact) mass is 403 g/mol. The van der Waals surface area contributed by atoms with Gasteiger partial charge in [0.05, 0.1) is 18.0 Å². The van der Waals surface area contributed by atoms with E-state index in [1.54, 1.807) is 50.2 Å². The third kappa shape index (κ3) is 4.56. The van der Waals surface area contributed by atoms with Crippen molar-refractivity contribution in [2.24, 2.45) is 11.0 Å². The standard InChI is InChI=1S/C20H22FN3O3S/c1-13(2)20(25)24-19(15-7-4-8-16(21)10-15)12-18(22-24)14-6-5-9-17(11-14)23-28(3,26)27/h4-11,13,19,23H,12H2,1-3H3/t19-/m0/s1. The van der Waals surface area contributed by atoms with Gasteiger partial charge in [0, 0.05) is 18.0 Å². The Hall–Kier alpha value is -2.74. The molecule has 1 aliphatic rings. The van der Waals surface area contributed by atoms with Gasteiger partial charge in [-0.15, -0.1) is 0 Å². The molecule has 1 aliphatic heterocycles. The van der Waals surface area contributed by atoms with Crippen LogP contribution in [0.1, 0.15) is 37.4 Å². The summed E-state index contributed by atoms with van der Waals surface area (Å²) in [7, 11) is -3.41. The normalized spacial score (nSPS) is 17.0. The largest absolute Gasteiger partial charge is 0.284 e. The number of rotatable bonds is 5. The first-order valence-electron chi connectivity index (χ1n) is 8.88. The van der Waals surface area contributed by atoms with Gasteiger partial charge >= 0.3 is 0 Å². The SMILES string of the molecule is CC(C)C(=O)N1N=C(c2cccc(NS(C)(=O)=O)c2)C[C@H]1c1cccc(F)c1. The molecule has 6 nitrogen and oxygen atoms in total. The van der Waals surface area contributed by atoms with Crippen molar-refractivity contribution < 1.29 is 17.6 Å². The zero-order chi connectivity index (χ0) is 20.5. The van der Waals surface area contributed by atoms with Crippen LogP contribution in [0.25, 0.3) is 0 Å². The van der Waals surface area contributed by atoms with Crippen LogP contribution in [0.15, 0.2) is 53.6 Å². The van der Waals surface area contributed by atoms with Crippen molar-refractivity contribution in [3.63, 3.8) is 0 Å². The van der Waals surface area contributed by atoms with E-state index in [2.05, 4.69) is 9.82 Å². The fraction of sp³-hybridized carbons (Fsp3) is 0.300. The predicted molar refractivity (Wildman–Crippen MR) is 107 cm³/mol. The molecule has 0 aromatic heterocycles. The molecule has 0 unspecified atom stereocenters. The molecule has 0 radical (unpaired) electrons. The molecule has 0 saturated carbocycles. The molecule has 2 aromatic rings.